The van der Waals surface area contributed by atoms with Crippen molar-refractivity contribution in [2.75, 3.05) is 0 Å². The minimum absolute atomic E-state index is 0.0881. The topological polar surface area (TPSA) is 78.4 Å². The highest BCUT2D eigenvalue weighted by molar-refractivity contribution is 9.10. The van der Waals surface area contributed by atoms with Crippen molar-refractivity contribution in [3.8, 4) is 11.5 Å². The Morgan fingerprint density at radius 1 is 1.29 bits per heavy atom. The van der Waals surface area contributed by atoms with E-state index < -0.39 is 10.7 Å². The lowest BCUT2D eigenvalue weighted by Gasteiger charge is -2.11. The lowest BCUT2D eigenvalue weighted by atomic mass is 10.1. The third-order valence-corrected chi connectivity index (χ3v) is 3.45. The summed E-state index contributed by atoms with van der Waals surface area (Å²) in [4.78, 5) is 9.89. The molecule has 2 N–H and O–H groups in total. The molecule has 0 saturated carbocycles. The number of non-ortho nitro benzene ring substituents is 1. The molecule has 110 valence electrons. The average Bonchev–Trinajstić information content (AvgIpc) is 2.42. The summed E-state index contributed by atoms with van der Waals surface area (Å²) in [5.74, 6) is -0.491. The predicted molar refractivity (Wildman–Crippen MR) is 79.9 cm³/mol. The van der Waals surface area contributed by atoms with E-state index in [1.165, 1.54) is 12.1 Å². The fourth-order valence-corrected chi connectivity index (χ4v) is 2.17. The lowest BCUT2D eigenvalue weighted by molar-refractivity contribution is -0.385. The van der Waals surface area contributed by atoms with Crippen molar-refractivity contribution in [1.29, 1.82) is 0 Å². The van der Waals surface area contributed by atoms with Gasteiger partial charge in [-0.25, -0.2) is 4.39 Å². The molecule has 5 nitrogen and oxygen atoms in total. The highest BCUT2D eigenvalue weighted by Crippen LogP contribution is 2.33. The monoisotopic (exact) mass is 354 g/mol. The second kappa shape index (κ2) is 6.19. The summed E-state index contributed by atoms with van der Waals surface area (Å²) in [5.41, 5.74) is 6.34. The third kappa shape index (κ3) is 3.56. The Morgan fingerprint density at radius 3 is 2.48 bits per heavy atom. The summed E-state index contributed by atoms with van der Waals surface area (Å²) in [6.07, 6.45) is 0. The minimum Gasteiger partial charge on any atom is -0.453 e. The molecule has 2 rings (SSSR count). The van der Waals surface area contributed by atoms with Gasteiger partial charge in [-0.05, 0) is 46.6 Å². The summed E-state index contributed by atoms with van der Waals surface area (Å²) < 4.78 is 19.8. The number of halogens is 2. The smallest absolute Gasteiger partial charge is 0.272 e. The first-order chi connectivity index (χ1) is 9.88. The summed E-state index contributed by atoms with van der Waals surface area (Å²) in [6.45, 7) is 1.85. The van der Waals surface area contributed by atoms with E-state index in [1.54, 1.807) is 18.2 Å². The first kappa shape index (κ1) is 15.4. The first-order valence-electron chi connectivity index (χ1n) is 6.05. The van der Waals surface area contributed by atoms with Gasteiger partial charge in [-0.15, -0.1) is 0 Å². The fourth-order valence-electron chi connectivity index (χ4n) is 1.69. The van der Waals surface area contributed by atoms with Crippen LogP contribution in [0.5, 0.6) is 11.5 Å². The zero-order valence-corrected chi connectivity index (χ0v) is 12.6. The van der Waals surface area contributed by atoms with E-state index in [2.05, 4.69) is 15.9 Å². The molecule has 0 aliphatic carbocycles. The molecular formula is C14H12BrFN2O3. The molecule has 0 radical (unpaired) electrons. The van der Waals surface area contributed by atoms with Crippen LogP contribution in [0.15, 0.2) is 40.9 Å². The van der Waals surface area contributed by atoms with Crippen molar-refractivity contribution in [1.82, 2.24) is 0 Å². The van der Waals surface area contributed by atoms with Crippen LogP contribution < -0.4 is 10.5 Å². The van der Waals surface area contributed by atoms with Crippen LogP contribution in [0.3, 0.4) is 0 Å². The van der Waals surface area contributed by atoms with Gasteiger partial charge >= 0.3 is 0 Å². The quantitative estimate of drug-likeness (QED) is 0.655. The molecule has 0 spiro atoms. The molecule has 0 aliphatic heterocycles. The van der Waals surface area contributed by atoms with E-state index in [9.17, 15) is 14.5 Å². The molecule has 21 heavy (non-hydrogen) atoms. The molecule has 0 bridgehead atoms. The van der Waals surface area contributed by atoms with Gasteiger partial charge in [0.15, 0.2) is 11.6 Å². The Balaban J connectivity index is 2.28. The van der Waals surface area contributed by atoms with Crippen LogP contribution in [-0.2, 0) is 0 Å². The zero-order valence-electron chi connectivity index (χ0n) is 11.0. The van der Waals surface area contributed by atoms with Crippen molar-refractivity contribution in [2.45, 2.75) is 13.0 Å². The van der Waals surface area contributed by atoms with Crippen molar-refractivity contribution in [3.05, 3.63) is 62.4 Å². The lowest BCUT2D eigenvalue weighted by Crippen LogP contribution is -2.04. The highest BCUT2D eigenvalue weighted by atomic mass is 79.9. The largest absolute Gasteiger partial charge is 0.453 e. The molecule has 0 saturated heterocycles. The van der Waals surface area contributed by atoms with E-state index in [0.717, 1.165) is 11.6 Å². The molecule has 2 aromatic rings. The van der Waals surface area contributed by atoms with Crippen LogP contribution in [0.1, 0.15) is 18.5 Å². The number of benzene rings is 2. The summed E-state index contributed by atoms with van der Waals surface area (Å²) in [7, 11) is 0. The van der Waals surface area contributed by atoms with Gasteiger partial charge in [0, 0.05) is 12.1 Å². The third-order valence-electron chi connectivity index (χ3n) is 2.83. The summed E-state index contributed by atoms with van der Waals surface area (Å²) >= 11 is 3.32. The van der Waals surface area contributed by atoms with E-state index in [-0.39, 0.29) is 17.5 Å². The molecule has 0 heterocycles. The van der Waals surface area contributed by atoms with Crippen LogP contribution in [0.4, 0.5) is 10.1 Å². The zero-order chi connectivity index (χ0) is 15.6. The Bertz CT molecular complexity index is 692. The summed E-state index contributed by atoms with van der Waals surface area (Å²) in [5, 5.41) is 10.6. The number of rotatable bonds is 4. The molecular weight excluding hydrogens is 343 g/mol. The maximum absolute atomic E-state index is 13.8. The van der Waals surface area contributed by atoms with Gasteiger partial charge in [0.1, 0.15) is 5.75 Å². The number of hydrogen-bond donors (Lipinski definition) is 1. The maximum atomic E-state index is 13.8. The molecule has 0 fully saturated rings. The Hall–Kier alpha value is -1.99. The van der Waals surface area contributed by atoms with Crippen LogP contribution >= 0.6 is 15.9 Å². The van der Waals surface area contributed by atoms with Crippen LogP contribution in [0, 0.1) is 15.9 Å². The van der Waals surface area contributed by atoms with Gasteiger partial charge in [-0.3, -0.25) is 10.1 Å². The fraction of sp³-hybridized carbons (Fsp3) is 0.143. The molecule has 0 aromatic heterocycles. The maximum Gasteiger partial charge on any atom is 0.272 e. The normalized spacial score (nSPS) is 12.0. The number of ether oxygens (including phenoxy) is 1. The van der Waals surface area contributed by atoms with Gasteiger partial charge in [0.2, 0.25) is 0 Å². The number of nitro benzene ring substituents is 1. The minimum atomic E-state index is -0.799. The van der Waals surface area contributed by atoms with Crippen LogP contribution in [-0.4, -0.2) is 4.92 Å². The highest BCUT2D eigenvalue weighted by Gasteiger charge is 2.14. The second-order valence-electron chi connectivity index (χ2n) is 4.45. The second-order valence-corrected chi connectivity index (χ2v) is 5.31. The standard InChI is InChI=1S/C14H12BrFN2O3/c1-8(17)9-2-4-13(11(15)6-9)21-14-5-3-10(18(19)20)7-12(14)16/h2-8H,17H2,1H3. The van der Waals surface area contributed by atoms with Crippen molar-refractivity contribution >= 4 is 21.6 Å². The van der Waals surface area contributed by atoms with Gasteiger partial charge in [0.25, 0.3) is 5.69 Å². The molecule has 7 heteroatoms. The number of nitrogens with two attached hydrogens (primary N) is 1. The SMILES string of the molecule is CC(N)c1ccc(Oc2ccc([N+](=O)[O-])cc2F)c(Br)c1. The van der Waals surface area contributed by atoms with Gasteiger partial charge in [-0.2, -0.15) is 0 Å². The van der Waals surface area contributed by atoms with Gasteiger partial charge < -0.3 is 10.5 Å². The molecule has 1 atom stereocenters. The Labute approximate surface area is 128 Å². The van der Waals surface area contributed by atoms with Crippen LogP contribution in [0.2, 0.25) is 0 Å². The van der Waals surface area contributed by atoms with Gasteiger partial charge in [-0.1, -0.05) is 6.07 Å². The van der Waals surface area contributed by atoms with Crippen molar-refractivity contribution in [2.24, 2.45) is 5.73 Å². The van der Waals surface area contributed by atoms with E-state index in [1.807, 2.05) is 6.92 Å². The summed E-state index contributed by atoms with van der Waals surface area (Å²) in [6, 6.07) is 8.30. The predicted octanol–water partition coefficient (Wildman–Crippen LogP) is 4.31. The molecule has 0 aliphatic rings. The number of nitro groups is 1. The average molecular weight is 355 g/mol. The van der Waals surface area contributed by atoms with Crippen molar-refractivity contribution in [3.63, 3.8) is 0 Å². The molecule has 0 amide bonds. The van der Waals surface area contributed by atoms with E-state index in [0.29, 0.717) is 10.2 Å². The number of nitrogens with zero attached hydrogens (tertiary/aromatic N) is 1. The van der Waals surface area contributed by atoms with E-state index >= 15 is 0 Å². The molecule has 2 aromatic carbocycles. The van der Waals surface area contributed by atoms with Crippen LogP contribution in [0.25, 0.3) is 0 Å². The van der Waals surface area contributed by atoms with Crippen molar-refractivity contribution < 1.29 is 14.1 Å². The number of hydrogen-bond acceptors (Lipinski definition) is 4. The van der Waals surface area contributed by atoms with Gasteiger partial charge in [0.05, 0.1) is 15.5 Å². The van der Waals surface area contributed by atoms with E-state index in [4.69, 9.17) is 10.5 Å². The first-order valence-corrected chi connectivity index (χ1v) is 6.84. The Morgan fingerprint density at radius 2 is 1.95 bits per heavy atom. The molecule has 1 unspecified atom stereocenters. The Kier molecular flexibility index (Phi) is 4.54.